The van der Waals surface area contributed by atoms with E-state index in [1.165, 1.54) is 35.0 Å². The molecule has 1 aliphatic heterocycles. The van der Waals surface area contributed by atoms with Crippen molar-refractivity contribution in [3.05, 3.63) is 20.3 Å². The number of hydrogen-bond donors (Lipinski definition) is 1. The number of fused-ring (bicyclic) bond motifs is 1. The van der Waals surface area contributed by atoms with Crippen LogP contribution in [-0.2, 0) is 11.2 Å². The average molecular weight is 330 g/mol. The van der Waals surface area contributed by atoms with Crippen LogP contribution in [0, 0.1) is 5.92 Å². The minimum atomic E-state index is 0.548. The predicted octanol–water partition coefficient (Wildman–Crippen LogP) is 3.90. The first-order chi connectivity index (χ1) is 8.74. The molecule has 100 valence electrons. The lowest BCUT2D eigenvalue weighted by Gasteiger charge is -2.29. The van der Waals surface area contributed by atoms with Crippen LogP contribution in [0.3, 0.4) is 0 Å². The van der Waals surface area contributed by atoms with Crippen molar-refractivity contribution in [1.29, 1.82) is 0 Å². The fraction of sp³-hybridized carbons (Fsp3) is 0.714. The van der Waals surface area contributed by atoms with Crippen LogP contribution in [0.15, 0.2) is 9.85 Å². The summed E-state index contributed by atoms with van der Waals surface area (Å²) in [5, 5.41) is 3.84. The topological polar surface area (TPSA) is 21.3 Å². The third-order valence-electron chi connectivity index (χ3n) is 4.22. The molecule has 4 heteroatoms. The molecule has 2 aliphatic rings. The van der Waals surface area contributed by atoms with Crippen LogP contribution in [-0.4, -0.2) is 19.3 Å². The van der Waals surface area contributed by atoms with Gasteiger partial charge in [0, 0.05) is 23.6 Å². The second-order valence-corrected chi connectivity index (χ2v) is 7.97. The summed E-state index contributed by atoms with van der Waals surface area (Å²) in [5.74, 6) is 0.692. The van der Waals surface area contributed by atoms with Crippen molar-refractivity contribution in [1.82, 2.24) is 5.32 Å². The molecule has 1 N–H and O–H groups in total. The number of rotatable bonds is 3. The molecule has 1 saturated heterocycles. The Hall–Kier alpha value is 0.1000. The van der Waals surface area contributed by atoms with Crippen LogP contribution in [0.25, 0.3) is 0 Å². The van der Waals surface area contributed by atoms with E-state index < -0.39 is 0 Å². The van der Waals surface area contributed by atoms with Gasteiger partial charge in [-0.15, -0.1) is 11.3 Å². The zero-order valence-corrected chi connectivity index (χ0v) is 13.1. The molecule has 0 aromatic carbocycles. The van der Waals surface area contributed by atoms with Gasteiger partial charge in [0.05, 0.1) is 10.4 Å². The Labute approximate surface area is 121 Å². The summed E-state index contributed by atoms with van der Waals surface area (Å²) in [4.78, 5) is 1.57. The minimum Gasteiger partial charge on any atom is -0.381 e. The third-order valence-corrected chi connectivity index (χ3v) is 5.93. The van der Waals surface area contributed by atoms with Crippen molar-refractivity contribution in [2.75, 3.05) is 13.2 Å². The van der Waals surface area contributed by atoms with Crippen molar-refractivity contribution in [3.8, 4) is 0 Å². The standard InChI is InChI=1S/C14H20BrNOS/c1-9(10-5-6-17-8-10)16-12-3-2-4-13-11(12)7-14(15)18-13/h7,9-10,12,16H,2-6,8H2,1H3. The molecule has 2 heterocycles. The molecule has 0 radical (unpaired) electrons. The number of aryl methyl sites for hydroxylation is 1. The summed E-state index contributed by atoms with van der Waals surface area (Å²) >= 11 is 5.53. The molecular formula is C14H20BrNOS. The SMILES string of the molecule is CC(NC1CCCc2sc(Br)cc21)C1CCOC1. The minimum absolute atomic E-state index is 0.548. The molecule has 18 heavy (non-hydrogen) atoms. The number of thiophene rings is 1. The van der Waals surface area contributed by atoms with Crippen molar-refractivity contribution in [2.24, 2.45) is 5.92 Å². The first-order valence-corrected chi connectivity index (χ1v) is 8.47. The Bertz CT molecular complexity index is 414. The summed E-state index contributed by atoms with van der Waals surface area (Å²) in [6.45, 7) is 4.19. The Morgan fingerprint density at radius 2 is 2.39 bits per heavy atom. The van der Waals surface area contributed by atoms with Crippen LogP contribution in [0.2, 0.25) is 0 Å². The van der Waals surface area contributed by atoms with Gasteiger partial charge in [-0.1, -0.05) is 0 Å². The van der Waals surface area contributed by atoms with E-state index in [-0.39, 0.29) is 0 Å². The van der Waals surface area contributed by atoms with Crippen LogP contribution in [0.4, 0.5) is 0 Å². The third kappa shape index (κ3) is 2.67. The van der Waals surface area contributed by atoms with E-state index in [4.69, 9.17) is 4.74 Å². The maximum absolute atomic E-state index is 5.50. The summed E-state index contributed by atoms with van der Waals surface area (Å²) in [6, 6.07) is 3.42. The molecular weight excluding hydrogens is 310 g/mol. The highest BCUT2D eigenvalue weighted by Crippen LogP contribution is 2.38. The number of ether oxygens (including phenoxy) is 1. The van der Waals surface area contributed by atoms with Crippen LogP contribution < -0.4 is 5.32 Å². The van der Waals surface area contributed by atoms with Crippen molar-refractivity contribution >= 4 is 27.3 Å². The summed E-state index contributed by atoms with van der Waals surface area (Å²) < 4.78 is 6.77. The molecule has 1 aliphatic carbocycles. The zero-order chi connectivity index (χ0) is 12.5. The van der Waals surface area contributed by atoms with Gasteiger partial charge in [0.15, 0.2) is 0 Å². The van der Waals surface area contributed by atoms with Crippen molar-refractivity contribution in [3.63, 3.8) is 0 Å². The van der Waals surface area contributed by atoms with Gasteiger partial charge in [-0.05, 0) is 66.1 Å². The second-order valence-electron chi connectivity index (χ2n) is 5.45. The quantitative estimate of drug-likeness (QED) is 0.907. The lowest BCUT2D eigenvalue weighted by molar-refractivity contribution is 0.176. The summed E-state index contributed by atoms with van der Waals surface area (Å²) in [6.07, 6.45) is 5.05. The van der Waals surface area contributed by atoms with E-state index in [9.17, 15) is 0 Å². The Kier molecular flexibility index (Phi) is 4.09. The van der Waals surface area contributed by atoms with E-state index >= 15 is 0 Å². The largest absolute Gasteiger partial charge is 0.381 e. The maximum Gasteiger partial charge on any atom is 0.0704 e. The lowest BCUT2D eigenvalue weighted by atomic mass is 9.91. The monoisotopic (exact) mass is 329 g/mol. The molecule has 0 saturated carbocycles. The number of nitrogens with one attached hydrogen (secondary N) is 1. The summed E-state index contributed by atoms with van der Waals surface area (Å²) in [7, 11) is 0. The molecule has 0 bridgehead atoms. The molecule has 0 amide bonds. The highest BCUT2D eigenvalue weighted by molar-refractivity contribution is 9.11. The first kappa shape index (κ1) is 13.1. The molecule has 3 unspecified atom stereocenters. The highest BCUT2D eigenvalue weighted by atomic mass is 79.9. The average Bonchev–Trinajstić information content (AvgIpc) is 2.96. The fourth-order valence-electron chi connectivity index (χ4n) is 3.09. The van der Waals surface area contributed by atoms with Gasteiger partial charge in [0.1, 0.15) is 0 Å². The van der Waals surface area contributed by atoms with E-state index in [0.29, 0.717) is 18.0 Å². The van der Waals surface area contributed by atoms with Crippen molar-refractivity contribution < 1.29 is 4.74 Å². The smallest absolute Gasteiger partial charge is 0.0704 e. The molecule has 1 fully saturated rings. The summed E-state index contributed by atoms with van der Waals surface area (Å²) in [5.41, 5.74) is 1.53. The van der Waals surface area contributed by atoms with Gasteiger partial charge in [-0.2, -0.15) is 0 Å². The molecule has 3 rings (SSSR count). The van der Waals surface area contributed by atoms with E-state index in [1.807, 2.05) is 11.3 Å². The van der Waals surface area contributed by atoms with E-state index in [0.717, 1.165) is 13.2 Å². The highest BCUT2D eigenvalue weighted by Gasteiger charge is 2.28. The van der Waals surface area contributed by atoms with Gasteiger partial charge < -0.3 is 10.1 Å². The second kappa shape index (κ2) is 5.61. The van der Waals surface area contributed by atoms with Crippen LogP contribution >= 0.6 is 27.3 Å². The first-order valence-electron chi connectivity index (χ1n) is 6.86. The molecule has 3 atom stereocenters. The Balaban J connectivity index is 1.69. The normalized spacial score (nSPS) is 29.2. The maximum atomic E-state index is 5.50. The van der Waals surface area contributed by atoms with Crippen LogP contribution in [0.5, 0.6) is 0 Å². The predicted molar refractivity (Wildman–Crippen MR) is 79.2 cm³/mol. The molecule has 1 aromatic rings. The Morgan fingerprint density at radius 1 is 1.50 bits per heavy atom. The van der Waals surface area contributed by atoms with Gasteiger partial charge in [-0.3, -0.25) is 0 Å². The van der Waals surface area contributed by atoms with Crippen molar-refractivity contribution in [2.45, 2.75) is 44.7 Å². The Morgan fingerprint density at radius 3 is 3.17 bits per heavy atom. The van der Waals surface area contributed by atoms with Gasteiger partial charge >= 0.3 is 0 Å². The van der Waals surface area contributed by atoms with E-state index in [2.05, 4.69) is 34.2 Å². The molecule has 2 nitrogen and oxygen atoms in total. The number of hydrogen-bond acceptors (Lipinski definition) is 3. The molecule has 1 aromatic heterocycles. The van der Waals surface area contributed by atoms with Gasteiger partial charge in [0.25, 0.3) is 0 Å². The molecule has 0 spiro atoms. The lowest BCUT2D eigenvalue weighted by Crippen LogP contribution is -2.37. The fourth-order valence-corrected chi connectivity index (χ4v) is 4.91. The number of halogens is 1. The zero-order valence-electron chi connectivity index (χ0n) is 10.7. The van der Waals surface area contributed by atoms with Gasteiger partial charge in [-0.25, -0.2) is 0 Å². The van der Waals surface area contributed by atoms with Crippen LogP contribution in [0.1, 0.15) is 42.7 Å². The van der Waals surface area contributed by atoms with E-state index in [1.54, 1.807) is 4.88 Å². The van der Waals surface area contributed by atoms with Gasteiger partial charge in [0.2, 0.25) is 0 Å².